The summed E-state index contributed by atoms with van der Waals surface area (Å²) >= 11 is 0. The molecule has 21 heavy (non-hydrogen) atoms. The third-order valence-electron chi connectivity index (χ3n) is 2.83. The first-order chi connectivity index (χ1) is 10.2. The second-order valence-electron chi connectivity index (χ2n) is 4.54. The van der Waals surface area contributed by atoms with Crippen LogP contribution in [0.4, 0.5) is 15.8 Å². The van der Waals surface area contributed by atoms with Crippen molar-refractivity contribution < 1.29 is 13.9 Å². The van der Waals surface area contributed by atoms with E-state index in [1.54, 1.807) is 18.2 Å². The minimum atomic E-state index is -0.249. The molecule has 2 rings (SSSR count). The lowest BCUT2D eigenvalue weighted by Crippen LogP contribution is -2.17. The Kier molecular flexibility index (Phi) is 5.29. The Morgan fingerprint density at radius 2 is 1.86 bits per heavy atom. The van der Waals surface area contributed by atoms with Crippen LogP contribution in [0.2, 0.25) is 0 Å². The maximum absolute atomic E-state index is 12.8. The molecular formula is C16H17FN2O2. The fourth-order valence-electron chi connectivity index (χ4n) is 1.84. The first kappa shape index (κ1) is 15.0. The number of amides is 1. The van der Waals surface area contributed by atoms with Gasteiger partial charge in [-0.05, 0) is 35.9 Å². The van der Waals surface area contributed by atoms with Crippen LogP contribution in [0.5, 0.6) is 0 Å². The van der Waals surface area contributed by atoms with E-state index in [-0.39, 0.29) is 18.3 Å². The molecule has 0 aliphatic carbocycles. The average Bonchev–Trinajstić information content (AvgIpc) is 2.47. The highest BCUT2D eigenvalue weighted by Gasteiger charge is 2.02. The Bertz CT molecular complexity index is 599. The summed E-state index contributed by atoms with van der Waals surface area (Å²) in [5, 5.41) is 5.96. The Balaban J connectivity index is 1.94. The third kappa shape index (κ3) is 4.89. The molecule has 0 atom stereocenters. The van der Waals surface area contributed by atoms with Crippen LogP contribution < -0.4 is 10.6 Å². The van der Waals surface area contributed by atoms with Crippen LogP contribution in [0.3, 0.4) is 0 Å². The van der Waals surface area contributed by atoms with E-state index in [1.165, 1.54) is 19.2 Å². The quantitative estimate of drug-likeness (QED) is 0.859. The maximum atomic E-state index is 12.8. The van der Waals surface area contributed by atoms with Gasteiger partial charge in [0.05, 0.1) is 0 Å². The van der Waals surface area contributed by atoms with E-state index in [4.69, 9.17) is 4.74 Å². The van der Waals surface area contributed by atoms with Crippen LogP contribution in [-0.4, -0.2) is 19.6 Å². The van der Waals surface area contributed by atoms with Crippen molar-refractivity contribution in [3.05, 3.63) is 59.9 Å². The highest BCUT2D eigenvalue weighted by atomic mass is 19.1. The Labute approximate surface area is 122 Å². The number of carbonyl (C=O) groups excluding carboxylic acids is 1. The second-order valence-corrected chi connectivity index (χ2v) is 4.54. The van der Waals surface area contributed by atoms with Crippen LogP contribution in [0, 0.1) is 5.82 Å². The summed E-state index contributed by atoms with van der Waals surface area (Å²) in [4.78, 5) is 11.4. The zero-order valence-electron chi connectivity index (χ0n) is 11.7. The number of rotatable bonds is 6. The Morgan fingerprint density at radius 1 is 1.14 bits per heavy atom. The second kappa shape index (κ2) is 7.40. The summed E-state index contributed by atoms with van der Waals surface area (Å²) in [6.45, 7) is 0.600. The van der Waals surface area contributed by atoms with Gasteiger partial charge < -0.3 is 15.4 Å². The van der Waals surface area contributed by atoms with Crippen molar-refractivity contribution >= 4 is 17.3 Å². The SMILES string of the molecule is COCC(=O)Nc1cccc(NCc2ccc(F)cc2)c1. The van der Waals surface area contributed by atoms with Gasteiger partial charge in [-0.2, -0.15) is 0 Å². The van der Waals surface area contributed by atoms with Gasteiger partial charge in [-0.25, -0.2) is 4.39 Å². The number of anilines is 2. The summed E-state index contributed by atoms with van der Waals surface area (Å²) < 4.78 is 17.6. The summed E-state index contributed by atoms with van der Waals surface area (Å²) in [7, 11) is 1.47. The van der Waals surface area contributed by atoms with Crippen molar-refractivity contribution in [3.63, 3.8) is 0 Å². The van der Waals surface area contributed by atoms with Gasteiger partial charge in [-0.15, -0.1) is 0 Å². The van der Waals surface area contributed by atoms with E-state index >= 15 is 0 Å². The van der Waals surface area contributed by atoms with Crippen molar-refractivity contribution in [1.82, 2.24) is 0 Å². The van der Waals surface area contributed by atoms with Gasteiger partial charge in [0.2, 0.25) is 5.91 Å². The maximum Gasteiger partial charge on any atom is 0.250 e. The van der Waals surface area contributed by atoms with Gasteiger partial charge in [-0.3, -0.25) is 4.79 Å². The van der Waals surface area contributed by atoms with E-state index in [9.17, 15) is 9.18 Å². The molecule has 0 spiro atoms. The van der Waals surface area contributed by atoms with E-state index in [2.05, 4.69) is 10.6 Å². The van der Waals surface area contributed by atoms with Crippen molar-refractivity contribution in [3.8, 4) is 0 Å². The van der Waals surface area contributed by atoms with Gasteiger partial charge in [0.1, 0.15) is 12.4 Å². The number of benzene rings is 2. The number of hydrogen-bond donors (Lipinski definition) is 2. The molecule has 0 saturated heterocycles. The summed E-state index contributed by atoms with van der Waals surface area (Å²) in [6, 6.07) is 13.7. The van der Waals surface area contributed by atoms with Crippen LogP contribution in [0.15, 0.2) is 48.5 Å². The molecule has 0 fully saturated rings. The predicted molar refractivity (Wildman–Crippen MR) is 80.7 cm³/mol. The minimum absolute atomic E-state index is 0.0211. The number of carbonyl (C=O) groups is 1. The molecule has 2 N–H and O–H groups in total. The fraction of sp³-hybridized carbons (Fsp3) is 0.188. The molecule has 0 aromatic heterocycles. The zero-order valence-corrected chi connectivity index (χ0v) is 11.7. The number of nitrogens with one attached hydrogen (secondary N) is 2. The molecule has 0 aliphatic heterocycles. The lowest BCUT2D eigenvalue weighted by molar-refractivity contribution is -0.119. The number of methoxy groups -OCH3 is 1. The molecule has 5 heteroatoms. The molecule has 110 valence electrons. The molecule has 4 nitrogen and oxygen atoms in total. The molecule has 2 aromatic rings. The van der Waals surface area contributed by atoms with Gasteiger partial charge in [0, 0.05) is 25.0 Å². The summed E-state index contributed by atoms with van der Waals surface area (Å²) in [6.07, 6.45) is 0. The van der Waals surface area contributed by atoms with E-state index in [0.717, 1.165) is 11.3 Å². The van der Waals surface area contributed by atoms with Crippen molar-refractivity contribution in [2.45, 2.75) is 6.54 Å². The molecule has 0 heterocycles. The minimum Gasteiger partial charge on any atom is -0.381 e. The molecule has 2 aromatic carbocycles. The summed E-state index contributed by atoms with van der Waals surface area (Å²) in [5.41, 5.74) is 2.54. The normalized spacial score (nSPS) is 10.2. The van der Waals surface area contributed by atoms with E-state index in [1.807, 2.05) is 18.2 Å². The molecule has 0 saturated carbocycles. The zero-order chi connectivity index (χ0) is 15.1. The highest BCUT2D eigenvalue weighted by Crippen LogP contribution is 2.16. The number of ether oxygens (including phenoxy) is 1. The fourth-order valence-corrected chi connectivity index (χ4v) is 1.84. The molecule has 1 amide bonds. The lowest BCUT2D eigenvalue weighted by atomic mass is 10.2. The largest absolute Gasteiger partial charge is 0.381 e. The average molecular weight is 288 g/mol. The van der Waals surface area contributed by atoms with Crippen molar-refractivity contribution in [2.24, 2.45) is 0 Å². The Morgan fingerprint density at radius 3 is 2.57 bits per heavy atom. The molecule has 0 aliphatic rings. The van der Waals surface area contributed by atoms with E-state index in [0.29, 0.717) is 12.2 Å². The van der Waals surface area contributed by atoms with Gasteiger partial charge >= 0.3 is 0 Å². The van der Waals surface area contributed by atoms with Crippen molar-refractivity contribution in [2.75, 3.05) is 24.4 Å². The Hall–Kier alpha value is -2.40. The van der Waals surface area contributed by atoms with Crippen molar-refractivity contribution in [1.29, 1.82) is 0 Å². The van der Waals surface area contributed by atoms with Crippen LogP contribution in [0.25, 0.3) is 0 Å². The van der Waals surface area contributed by atoms with Crippen LogP contribution in [-0.2, 0) is 16.1 Å². The van der Waals surface area contributed by atoms with Crippen LogP contribution in [0.1, 0.15) is 5.56 Å². The lowest BCUT2D eigenvalue weighted by Gasteiger charge is -2.09. The smallest absolute Gasteiger partial charge is 0.250 e. The first-order valence-corrected chi connectivity index (χ1v) is 6.54. The molecular weight excluding hydrogens is 271 g/mol. The number of hydrogen-bond acceptors (Lipinski definition) is 3. The molecule has 0 radical (unpaired) electrons. The predicted octanol–water partition coefficient (Wildman–Crippen LogP) is 3.02. The topological polar surface area (TPSA) is 50.4 Å². The van der Waals surface area contributed by atoms with Gasteiger partial charge in [0.25, 0.3) is 0 Å². The van der Waals surface area contributed by atoms with Gasteiger partial charge in [0.15, 0.2) is 0 Å². The third-order valence-corrected chi connectivity index (χ3v) is 2.83. The first-order valence-electron chi connectivity index (χ1n) is 6.54. The van der Waals surface area contributed by atoms with E-state index < -0.39 is 0 Å². The summed E-state index contributed by atoms with van der Waals surface area (Å²) in [5.74, 6) is -0.449. The van der Waals surface area contributed by atoms with Gasteiger partial charge in [-0.1, -0.05) is 18.2 Å². The monoisotopic (exact) mass is 288 g/mol. The standard InChI is InChI=1S/C16H17FN2O2/c1-21-11-16(20)19-15-4-2-3-14(9-15)18-10-12-5-7-13(17)8-6-12/h2-9,18H,10-11H2,1H3,(H,19,20). The highest BCUT2D eigenvalue weighted by molar-refractivity contribution is 5.92. The number of halogens is 1. The molecule has 0 unspecified atom stereocenters. The molecule has 0 bridgehead atoms. The van der Waals surface area contributed by atoms with Crippen LogP contribution >= 0.6 is 0 Å².